The molecule has 0 saturated carbocycles. The molecule has 10 heteroatoms. The summed E-state index contributed by atoms with van der Waals surface area (Å²) in [6.45, 7) is 0. The van der Waals surface area contributed by atoms with Crippen LogP contribution in [0.1, 0.15) is 17.0 Å². The molecule has 0 bridgehead atoms. The molecular weight excluding hydrogens is 482 g/mol. The van der Waals surface area contributed by atoms with Crippen molar-refractivity contribution in [1.29, 1.82) is 0 Å². The number of terminal acetylenes is 1. The maximum absolute atomic E-state index is 13.3. The zero-order valence-electron chi connectivity index (χ0n) is 17.2. The summed E-state index contributed by atoms with van der Waals surface area (Å²) in [5.74, 6) is 3.01. The quantitative estimate of drug-likeness (QED) is 0.219. The Kier molecular flexibility index (Phi) is 5.74. The average Bonchev–Trinajstić information content (AvgIpc) is 3.15. The van der Waals surface area contributed by atoms with E-state index in [0.717, 1.165) is 0 Å². The minimum absolute atomic E-state index is 0.0854. The van der Waals surface area contributed by atoms with Crippen LogP contribution in [0.3, 0.4) is 0 Å². The van der Waals surface area contributed by atoms with Gasteiger partial charge in [0.05, 0.1) is 40.0 Å². The monoisotopic (exact) mass is 494 g/mol. The van der Waals surface area contributed by atoms with Crippen molar-refractivity contribution < 1.29 is 31.1 Å². The maximum atomic E-state index is 13.3. The summed E-state index contributed by atoms with van der Waals surface area (Å²) in [5.41, 5.74) is -1.70. The summed E-state index contributed by atoms with van der Waals surface area (Å²) >= 11 is 6.22. The van der Waals surface area contributed by atoms with E-state index in [1.54, 1.807) is 18.2 Å². The van der Waals surface area contributed by atoms with Crippen LogP contribution in [0.2, 0.25) is 5.02 Å². The Bertz CT molecular complexity index is 1410. The molecule has 174 valence electrons. The number of nitrogens with zero attached hydrogens (tertiary/aromatic N) is 2. The van der Waals surface area contributed by atoms with Gasteiger partial charge >= 0.3 is 12.4 Å². The molecule has 3 nitrogen and oxygen atoms in total. The zero-order chi connectivity index (χ0) is 24.8. The highest BCUT2D eigenvalue weighted by Crippen LogP contribution is 2.39. The third-order valence-electron chi connectivity index (χ3n) is 5.10. The van der Waals surface area contributed by atoms with Crippen LogP contribution < -0.4 is 4.74 Å². The molecule has 1 heterocycles. The number of benzene rings is 3. The van der Waals surface area contributed by atoms with Gasteiger partial charge in [0.2, 0.25) is 0 Å². The van der Waals surface area contributed by atoms with Crippen molar-refractivity contribution in [3.63, 3.8) is 0 Å². The lowest BCUT2D eigenvalue weighted by Gasteiger charge is -2.15. The maximum Gasteiger partial charge on any atom is 0.416 e. The van der Waals surface area contributed by atoms with E-state index in [-0.39, 0.29) is 28.0 Å². The molecule has 34 heavy (non-hydrogen) atoms. The lowest BCUT2D eigenvalue weighted by Crippen LogP contribution is -2.11. The molecule has 0 radical (unpaired) electrons. The van der Waals surface area contributed by atoms with E-state index in [4.69, 9.17) is 22.8 Å². The van der Waals surface area contributed by atoms with Crippen molar-refractivity contribution in [3.8, 4) is 34.9 Å². The lowest BCUT2D eigenvalue weighted by molar-refractivity contribution is -0.143. The number of rotatable bonds is 3. The van der Waals surface area contributed by atoms with Gasteiger partial charge in [-0.3, -0.25) is 4.57 Å². The van der Waals surface area contributed by atoms with Crippen molar-refractivity contribution in [1.82, 2.24) is 9.55 Å². The van der Waals surface area contributed by atoms with Crippen LogP contribution in [0, 0.1) is 12.3 Å². The van der Waals surface area contributed by atoms with Gasteiger partial charge in [0.25, 0.3) is 0 Å². The molecule has 0 saturated heterocycles. The Labute approximate surface area is 194 Å². The molecule has 0 N–H and O–H groups in total. The Hall–Kier alpha value is -3.64. The fraction of sp³-hybridized carbons (Fsp3) is 0.125. The molecule has 4 rings (SSSR count). The molecule has 0 fully saturated rings. The highest BCUT2D eigenvalue weighted by Gasteiger charge is 2.37. The number of hydrogen-bond acceptors (Lipinski definition) is 2. The summed E-state index contributed by atoms with van der Waals surface area (Å²) in [6, 6.07) is 10.5. The molecule has 0 unspecified atom stereocenters. The topological polar surface area (TPSA) is 27.1 Å². The number of imidazole rings is 1. The van der Waals surface area contributed by atoms with E-state index in [9.17, 15) is 26.3 Å². The predicted octanol–water partition coefficient (Wildman–Crippen LogP) is 7.37. The van der Waals surface area contributed by atoms with Gasteiger partial charge in [-0.15, -0.1) is 6.42 Å². The number of fused-ring (bicyclic) bond motifs is 1. The molecule has 0 aliphatic heterocycles. The first-order valence-corrected chi connectivity index (χ1v) is 9.93. The minimum Gasteiger partial charge on any atom is -0.495 e. The van der Waals surface area contributed by atoms with Crippen LogP contribution in [-0.4, -0.2) is 16.7 Å². The van der Waals surface area contributed by atoms with Crippen molar-refractivity contribution in [2.75, 3.05) is 7.11 Å². The minimum atomic E-state index is -4.96. The normalized spacial score (nSPS) is 12.1. The van der Waals surface area contributed by atoms with Crippen LogP contribution in [0.4, 0.5) is 26.3 Å². The summed E-state index contributed by atoms with van der Waals surface area (Å²) in [7, 11) is 1.44. The van der Waals surface area contributed by atoms with Crippen LogP contribution >= 0.6 is 11.6 Å². The number of halogens is 7. The van der Waals surface area contributed by atoms with E-state index in [1.165, 1.54) is 29.9 Å². The lowest BCUT2D eigenvalue weighted by atomic mass is 9.98. The first-order valence-electron chi connectivity index (χ1n) is 9.55. The SMILES string of the molecule is C#Cc1nc2ccc(-c3cc(C(F)(F)F)cc(C(F)(F)F)c3)cc2n1-c1ccc(OC)c(Cl)c1. The molecule has 0 spiro atoms. The van der Waals surface area contributed by atoms with Crippen molar-refractivity contribution >= 4 is 22.6 Å². The predicted molar refractivity (Wildman–Crippen MR) is 116 cm³/mol. The third kappa shape index (κ3) is 4.29. The number of hydrogen-bond donors (Lipinski definition) is 0. The van der Waals surface area contributed by atoms with E-state index in [1.807, 2.05) is 0 Å². The molecule has 0 atom stereocenters. The second-order valence-corrected chi connectivity index (χ2v) is 7.64. The van der Waals surface area contributed by atoms with Crippen LogP contribution in [0.15, 0.2) is 54.6 Å². The largest absolute Gasteiger partial charge is 0.495 e. The fourth-order valence-electron chi connectivity index (χ4n) is 3.53. The number of methoxy groups -OCH3 is 1. The smallest absolute Gasteiger partial charge is 0.416 e. The summed E-state index contributed by atoms with van der Waals surface area (Å²) in [4.78, 5) is 4.32. The fourth-order valence-corrected chi connectivity index (χ4v) is 3.78. The van der Waals surface area contributed by atoms with Crippen LogP contribution in [-0.2, 0) is 12.4 Å². The van der Waals surface area contributed by atoms with Crippen molar-refractivity contribution in [2.24, 2.45) is 0 Å². The van der Waals surface area contributed by atoms with E-state index in [2.05, 4.69) is 10.9 Å². The number of ether oxygens (including phenoxy) is 1. The van der Waals surface area contributed by atoms with Gasteiger partial charge in [0.1, 0.15) is 5.75 Å². The average molecular weight is 495 g/mol. The third-order valence-corrected chi connectivity index (χ3v) is 5.39. The molecule has 0 amide bonds. The van der Waals surface area contributed by atoms with Gasteiger partial charge in [-0.2, -0.15) is 26.3 Å². The first kappa shape index (κ1) is 23.5. The second kappa shape index (κ2) is 8.29. The van der Waals surface area contributed by atoms with Gasteiger partial charge in [-0.25, -0.2) is 4.98 Å². The first-order chi connectivity index (χ1) is 15.9. The summed E-state index contributed by atoms with van der Waals surface area (Å²) in [5, 5.41) is 0.272. The summed E-state index contributed by atoms with van der Waals surface area (Å²) in [6.07, 6.45) is -4.33. The molecule has 0 aliphatic rings. The van der Waals surface area contributed by atoms with E-state index in [0.29, 0.717) is 34.6 Å². The van der Waals surface area contributed by atoms with E-state index >= 15 is 0 Å². The molecule has 4 aromatic rings. The molecule has 3 aromatic carbocycles. The van der Waals surface area contributed by atoms with Gasteiger partial charge in [-0.1, -0.05) is 17.7 Å². The second-order valence-electron chi connectivity index (χ2n) is 7.23. The highest BCUT2D eigenvalue weighted by molar-refractivity contribution is 6.32. The zero-order valence-corrected chi connectivity index (χ0v) is 18.0. The van der Waals surface area contributed by atoms with Crippen molar-refractivity contribution in [2.45, 2.75) is 12.4 Å². The van der Waals surface area contributed by atoms with Crippen LogP contribution in [0.5, 0.6) is 5.75 Å². The standard InChI is InChI=1S/C24H13ClF6N2O/c1-3-22-32-19-6-4-13(10-20(19)33(22)17-5-7-21(34-2)18(25)12-17)14-8-15(23(26,27)28)11-16(9-14)24(29,30)31/h1,4-12H,2H3. The number of alkyl halides is 6. The van der Waals surface area contributed by atoms with Gasteiger partial charge in [-0.05, 0) is 65.6 Å². The van der Waals surface area contributed by atoms with Gasteiger partial charge < -0.3 is 4.74 Å². The Morgan fingerprint density at radius 2 is 1.53 bits per heavy atom. The van der Waals surface area contributed by atoms with Crippen LogP contribution in [0.25, 0.3) is 27.8 Å². The van der Waals surface area contributed by atoms with Crippen molar-refractivity contribution in [3.05, 3.63) is 76.6 Å². The molecular formula is C24H13ClF6N2O. The Morgan fingerprint density at radius 1 is 0.882 bits per heavy atom. The molecule has 0 aliphatic carbocycles. The van der Waals surface area contributed by atoms with Gasteiger partial charge in [0, 0.05) is 0 Å². The molecule has 1 aromatic heterocycles. The Morgan fingerprint density at radius 3 is 2.06 bits per heavy atom. The summed E-state index contributed by atoms with van der Waals surface area (Å²) < 4.78 is 86.5. The van der Waals surface area contributed by atoms with Gasteiger partial charge in [0.15, 0.2) is 5.82 Å². The van der Waals surface area contributed by atoms with E-state index < -0.39 is 23.5 Å². The number of aromatic nitrogens is 2. The highest BCUT2D eigenvalue weighted by atomic mass is 35.5. The Balaban J connectivity index is 1.96.